The number of sulfonamides is 1. The normalized spacial score (nSPS) is 12.2. The van der Waals surface area contributed by atoms with Crippen molar-refractivity contribution in [3.05, 3.63) is 53.6 Å². The molecule has 2 aromatic rings. The molecule has 0 aliphatic heterocycles. The molecule has 0 radical (unpaired) electrons. The predicted molar refractivity (Wildman–Crippen MR) is 109 cm³/mol. The standard InChI is InChI=1S/C20H26N2O5S/c1-14-6-8-16(9-7-14)22(28(5,24)25)13-20(23)21-15(2)18-12-17(26-3)10-11-19(18)27-4/h6-12,15H,13H2,1-5H3,(H,21,23)/t15-/m1/s1. The van der Waals surface area contributed by atoms with Gasteiger partial charge in [0.25, 0.3) is 0 Å². The number of anilines is 1. The molecule has 152 valence electrons. The zero-order valence-corrected chi connectivity index (χ0v) is 17.5. The van der Waals surface area contributed by atoms with Crippen LogP contribution in [0.1, 0.15) is 24.1 Å². The van der Waals surface area contributed by atoms with E-state index in [1.54, 1.807) is 63.6 Å². The number of hydrogen-bond acceptors (Lipinski definition) is 5. The van der Waals surface area contributed by atoms with E-state index in [4.69, 9.17) is 9.47 Å². The van der Waals surface area contributed by atoms with Gasteiger partial charge in [0.05, 0.1) is 32.2 Å². The fraction of sp³-hybridized carbons (Fsp3) is 0.350. The summed E-state index contributed by atoms with van der Waals surface area (Å²) in [6.45, 7) is 3.38. The molecular formula is C20H26N2O5S. The van der Waals surface area contributed by atoms with Crippen molar-refractivity contribution in [2.75, 3.05) is 31.3 Å². The van der Waals surface area contributed by atoms with Gasteiger partial charge in [0, 0.05) is 5.56 Å². The molecule has 0 bridgehead atoms. The van der Waals surface area contributed by atoms with E-state index in [2.05, 4.69) is 5.32 Å². The van der Waals surface area contributed by atoms with Crippen LogP contribution in [0.15, 0.2) is 42.5 Å². The monoisotopic (exact) mass is 406 g/mol. The van der Waals surface area contributed by atoms with E-state index in [1.807, 2.05) is 6.92 Å². The van der Waals surface area contributed by atoms with Crippen LogP contribution in [0, 0.1) is 6.92 Å². The van der Waals surface area contributed by atoms with Gasteiger partial charge in [-0.3, -0.25) is 9.10 Å². The molecule has 0 fully saturated rings. The van der Waals surface area contributed by atoms with Crippen molar-refractivity contribution >= 4 is 21.6 Å². The number of ether oxygens (including phenoxy) is 2. The van der Waals surface area contributed by atoms with E-state index >= 15 is 0 Å². The van der Waals surface area contributed by atoms with Crippen LogP contribution >= 0.6 is 0 Å². The summed E-state index contributed by atoms with van der Waals surface area (Å²) in [6.07, 6.45) is 1.08. The highest BCUT2D eigenvalue weighted by Crippen LogP contribution is 2.29. The van der Waals surface area contributed by atoms with Crippen molar-refractivity contribution in [3.63, 3.8) is 0 Å². The third kappa shape index (κ3) is 5.39. The number of carbonyl (C=O) groups is 1. The van der Waals surface area contributed by atoms with Gasteiger partial charge in [-0.2, -0.15) is 0 Å². The fourth-order valence-electron chi connectivity index (χ4n) is 2.78. The fourth-order valence-corrected chi connectivity index (χ4v) is 3.64. The van der Waals surface area contributed by atoms with Crippen molar-refractivity contribution in [1.29, 1.82) is 0 Å². The molecule has 0 aromatic heterocycles. The summed E-state index contributed by atoms with van der Waals surface area (Å²) in [5.41, 5.74) is 2.17. The minimum atomic E-state index is -3.62. The zero-order valence-electron chi connectivity index (χ0n) is 16.7. The number of nitrogens with zero attached hydrogens (tertiary/aromatic N) is 1. The molecule has 28 heavy (non-hydrogen) atoms. The van der Waals surface area contributed by atoms with Crippen LogP contribution in [0.2, 0.25) is 0 Å². The quantitative estimate of drug-likeness (QED) is 0.729. The van der Waals surface area contributed by atoms with E-state index in [0.29, 0.717) is 17.2 Å². The van der Waals surface area contributed by atoms with Crippen LogP contribution in [0.5, 0.6) is 11.5 Å². The number of methoxy groups -OCH3 is 2. The van der Waals surface area contributed by atoms with Gasteiger partial charge in [-0.1, -0.05) is 17.7 Å². The summed E-state index contributed by atoms with van der Waals surface area (Å²) < 4.78 is 36.1. The molecule has 1 N–H and O–H groups in total. The molecule has 1 atom stereocenters. The summed E-state index contributed by atoms with van der Waals surface area (Å²) in [4.78, 5) is 12.6. The maximum atomic E-state index is 12.6. The lowest BCUT2D eigenvalue weighted by molar-refractivity contribution is -0.120. The van der Waals surface area contributed by atoms with Crippen LogP contribution in [0.25, 0.3) is 0 Å². The van der Waals surface area contributed by atoms with Gasteiger partial charge in [-0.25, -0.2) is 8.42 Å². The average Bonchev–Trinajstić information content (AvgIpc) is 2.65. The Morgan fingerprint density at radius 2 is 1.75 bits per heavy atom. The second kappa shape index (κ2) is 8.97. The highest BCUT2D eigenvalue weighted by Gasteiger charge is 2.22. The number of carbonyl (C=O) groups excluding carboxylic acids is 1. The van der Waals surface area contributed by atoms with Crippen LogP contribution in [0.4, 0.5) is 5.69 Å². The van der Waals surface area contributed by atoms with Gasteiger partial charge in [-0.15, -0.1) is 0 Å². The molecule has 2 aromatic carbocycles. The number of nitrogens with one attached hydrogen (secondary N) is 1. The summed E-state index contributed by atoms with van der Waals surface area (Å²) in [5.74, 6) is 0.810. The van der Waals surface area contributed by atoms with Crippen LogP contribution in [-0.4, -0.2) is 41.3 Å². The van der Waals surface area contributed by atoms with Gasteiger partial charge < -0.3 is 14.8 Å². The van der Waals surface area contributed by atoms with Gasteiger partial charge in [-0.05, 0) is 44.2 Å². The van der Waals surface area contributed by atoms with E-state index in [9.17, 15) is 13.2 Å². The number of amides is 1. The first-order valence-electron chi connectivity index (χ1n) is 8.71. The largest absolute Gasteiger partial charge is 0.497 e. The summed E-state index contributed by atoms with van der Waals surface area (Å²) >= 11 is 0. The van der Waals surface area contributed by atoms with Gasteiger partial charge in [0.2, 0.25) is 15.9 Å². The van der Waals surface area contributed by atoms with Gasteiger partial charge in [0.1, 0.15) is 18.0 Å². The number of rotatable bonds is 8. The van der Waals surface area contributed by atoms with E-state index in [-0.39, 0.29) is 6.54 Å². The SMILES string of the molecule is COc1ccc(OC)c([C@@H](C)NC(=O)CN(c2ccc(C)cc2)S(C)(=O)=O)c1. The minimum absolute atomic E-state index is 0.321. The minimum Gasteiger partial charge on any atom is -0.497 e. The number of benzene rings is 2. The topological polar surface area (TPSA) is 84.9 Å². The Balaban J connectivity index is 2.20. The Morgan fingerprint density at radius 1 is 1.11 bits per heavy atom. The zero-order chi connectivity index (χ0) is 20.9. The first-order chi connectivity index (χ1) is 13.2. The van der Waals surface area contributed by atoms with Gasteiger partial charge in [0.15, 0.2) is 0 Å². The third-order valence-corrected chi connectivity index (χ3v) is 5.43. The van der Waals surface area contributed by atoms with Crippen molar-refractivity contribution in [3.8, 4) is 11.5 Å². The Bertz CT molecular complexity index is 926. The lowest BCUT2D eigenvalue weighted by atomic mass is 10.1. The van der Waals surface area contributed by atoms with Crippen molar-refractivity contribution < 1.29 is 22.7 Å². The Kier molecular flexibility index (Phi) is 6.90. The first kappa shape index (κ1) is 21.6. The summed E-state index contributed by atoms with van der Waals surface area (Å²) in [5, 5.41) is 2.83. The molecule has 0 unspecified atom stereocenters. The van der Waals surface area contributed by atoms with Crippen LogP contribution in [-0.2, 0) is 14.8 Å². The highest BCUT2D eigenvalue weighted by atomic mass is 32.2. The molecule has 0 spiro atoms. The van der Waals surface area contributed by atoms with Crippen molar-refractivity contribution in [1.82, 2.24) is 5.32 Å². The van der Waals surface area contributed by atoms with Crippen LogP contribution in [0.3, 0.4) is 0 Å². The van der Waals surface area contributed by atoms with E-state index in [1.165, 1.54) is 0 Å². The highest BCUT2D eigenvalue weighted by molar-refractivity contribution is 7.92. The molecule has 2 rings (SSSR count). The van der Waals surface area contributed by atoms with Crippen LogP contribution < -0.4 is 19.1 Å². The maximum Gasteiger partial charge on any atom is 0.241 e. The Hall–Kier alpha value is -2.74. The van der Waals surface area contributed by atoms with E-state index in [0.717, 1.165) is 21.7 Å². The molecular weight excluding hydrogens is 380 g/mol. The third-order valence-electron chi connectivity index (χ3n) is 4.29. The van der Waals surface area contributed by atoms with E-state index < -0.39 is 22.0 Å². The lowest BCUT2D eigenvalue weighted by Gasteiger charge is -2.24. The van der Waals surface area contributed by atoms with Crippen molar-refractivity contribution in [2.24, 2.45) is 0 Å². The molecule has 0 heterocycles. The predicted octanol–water partition coefficient (Wildman–Crippen LogP) is 2.66. The number of aryl methyl sites for hydroxylation is 1. The smallest absolute Gasteiger partial charge is 0.241 e. The molecule has 0 aliphatic rings. The molecule has 0 aliphatic carbocycles. The first-order valence-corrected chi connectivity index (χ1v) is 10.6. The second-order valence-electron chi connectivity index (χ2n) is 6.50. The molecule has 1 amide bonds. The molecule has 0 saturated heterocycles. The second-order valence-corrected chi connectivity index (χ2v) is 8.41. The number of hydrogen-bond donors (Lipinski definition) is 1. The molecule has 0 saturated carbocycles. The summed E-state index contributed by atoms with van der Waals surface area (Å²) in [7, 11) is -0.522. The average molecular weight is 407 g/mol. The lowest BCUT2D eigenvalue weighted by Crippen LogP contribution is -2.41. The molecule has 8 heteroatoms. The Morgan fingerprint density at radius 3 is 2.29 bits per heavy atom. The maximum absolute atomic E-state index is 12.6. The molecule has 7 nitrogen and oxygen atoms in total. The van der Waals surface area contributed by atoms with Gasteiger partial charge >= 0.3 is 0 Å². The Labute approximate surface area is 166 Å². The summed E-state index contributed by atoms with van der Waals surface area (Å²) in [6, 6.07) is 11.8. The van der Waals surface area contributed by atoms with Crippen molar-refractivity contribution in [2.45, 2.75) is 19.9 Å².